The Kier molecular flexibility index (Phi) is 11.4. The molecule has 4 aliphatic rings. The molecule has 6 aromatic carbocycles. The van der Waals surface area contributed by atoms with E-state index < -0.39 is 5.41 Å². The zero-order valence-electron chi connectivity index (χ0n) is 35.7. The monoisotopic (exact) mass is 824 g/mol. The summed E-state index contributed by atoms with van der Waals surface area (Å²) in [7, 11) is 0. The standard InChI is InChI=1S/C59H52O4/c1-59(35-34-58(60)61-40-51-37-41-12-13-48(51)36-41,52-24-30-54(31-25-52)62-56-28-22-49(38-56)46-18-14-44(15-19-46)42-8-4-2-5-9-42)53-26-32-55(33-27-53)63-57-29-23-50(39-57)47-20-16-45(17-21-47)43-10-6-3-7-11-43/h2-33,38-39,41,48,51,56-57H,34-37,40H2,1H3. The molecule has 5 unspecified atom stereocenters. The minimum absolute atomic E-state index is 0.136. The molecule has 0 saturated heterocycles. The van der Waals surface area contributed by atoms with Crippen LogP contribution in [0.2, 0.25) is 0 Å². The Morgan fingerprint density at radius 2 is 0.984 bits per heavy atom. The molecular weight excluding hydrogens is 773 g/mol. The number of hydrogen-bond donors (Lipinski definition) is 0. The quantitative estimate of drug-likeness (QED) is 0.0764. The van der Waals surface area contributed by atoms with Gasteiger partial charge >= 0.3 is 5.97 Å². The van der Waals surface area contributed by atoms with E-state index in [2.05, 4.69) is 177 Å². The highest BCUT2D eigenvalue weighted by molar-refractivity contribution is 5.80. The molecule has 2 bridgehead atoms. The van der Waals surface area contributed by atoms with Gasteiger partial charge in [-0.2, -0.15) is 0 Å². The molecule has 63 heavy (non-hydrogen) atoms. The van der Waals surface area contributed by atoms with Crippen molar-refractivity contribution in [3.63, 3.8) is 0 Å². The maximum absolute atomic E-state index is 13.3. The predicted octanol–water partition coefficient (Wildman–Crippen LogP) is 13.7. The van der Waals surface area contributed by atoms with Crippen LogP contribution in [-0.2, 0) is 14.9 Å². The summed E-state index contributed by atoms with van der Waals surface area (Å²) in [6, 6.07) is 55.0. The van der Waals surface area contributed by atoms with Crippen LogP contribution in [0.25, 0.3) is 33.4 Å². The summed E-state index contributed by atoms with van der Waals surface area (Å²) >= 11 is 0. The minimum atomic E-state index is -0.469. The lowest BCUT2D eigenvalue weighted by atomic mass is 9.73. The fraction of sp³-hybridized carbons (Fsp3) is 0.203. The first-order valence-corrected chi connectivity index (χ1v) is 22.4. The molecule has 4 heteroatoms. The predicted molar refractivity (Wildman–Crippen MR) is 255 cm³/mol. The Morgan fingerprint density at radius 3 is 1.43 bits per heavy atom. The summed E-state index contributed by atoms with van der Waals surface area (Å²) in [4.78, 5) is 13.3. The number of carbonyl (C=O) groups is 1. The summed E-state index contributed by atoms with van der Waals surface area (Å²) < 4.78 is 18.9. The fourth-order valence-corrected chi connectivity index (χ4v) is 9.76. The summed E-state index contributed by atoms with van der Waals surface area (Å²) in [5.74, 6) is 3.10. The Morgan fingerprint density at radius 1 is 0.524 bits per heavy atom. The maximum Gasteiger partial charge on any atom is 0.305 e. The van der Waals surface area contributed by atoms with Gasteiger partial charge in [-0.05, 0) is 141 Å². The average molecular weight is 825 g/mol. The first kappa shape index (κ1) is 40.2. The number of allylic oxidation sites excluding steroid dienone is 6. The lowest BCUT2D eigenvalue weighted by Gasteiger charge is -2.31. The molecule has 4 nitrogen and oxygen atoms in total. The molecule has 1 fully saturated rings. The van der Waals surface area contributed by atoms with E-state index in [1.54, 1.807) is 0 Å². The van der Waals surface area contributed by atoms with Gasteiger partial charge in [0.05, 0.1) is 6.61 Å². The third-order valence-electron chi connectivity index (χ3n) is 13.5. The molecule has 4 aliphatic carbocycles. The first-order chi connectivity index (χ1) is 30.9. The van der Waals surface area contributed by atoms with Gasteiger partial charge in [0.1, 0.15) is 23.7 Å². The van der Waals surface area contributed by atoms with Crippen LogP contribution in [0.3, 0.4) is 0 Å². The zero-order valence-corrected chi connectivity index (χ0v) is 35.7. The van der Waals surface area contributed by atoms with E-state index in [1.807, 2.05) is 36.4 Å². The van der Waals surface area contributed by atoms with Crippen molar-refractivity contribution in [2.75, 3.05) is 6.61 Å². The van der Waals surface area contributed by atoms with Crippen LogP contribution in [0.5, 0.6) is 11.5 Å². The molecule has 5 atom stereocenters. The summed E-state index contributed by atoms with van der Waals surface area (Å²) in [6.07, 6.45) is 20.4. The van der Waals surface area contributed by atoms with Crippen molar-refractivity contribution in [1.29, 1.82) is 0 Å². The molecule has 0 amide bonds. The SMILES string of the molecule is CC(CCC(=O)OCC1CC2C=CC1C2)(c1ccc(OC2C=CC(c3ccc(-c4ccccc4)cc3)=C2)cc1)c1ccc(OC2C=CC(c3ccc(-c4ccccc4)cc3)=C2)cc1. The van der Waals surface area contributed by atoms with Crippen LogP contribution in [0, 0.1) is 17.8 Å². The topological polar surface area (TPSA) is 44.8 Å². The molecule has 1 saturated carbocycles. The molecule has 10 rings (SSSR count). The Hall–Kier alpha value is -6.91. The Bertz CT molecular complexity index is 2530. The Labute approximate surface area is 371 Å². The molecule has 0 radical (unpaired) electrons. The van der Waals surface area contributed by atoms with Crippen LogP contribution in [0.15, 0.2) is 206 Å². The van der Waals surface area contributed by atoms with E-state index in [-0.39, 0.29) is 18.2 Å². The highest BCUT2D eigenvalue weighted by Crippen LogP contribution is 2.44. The lowest BCUT2D eigenvalue weighted by molar-refractivity contribution is -0.145. The van der Waals surface area contributed by atoms with Crippen LogP contribution in [0.1, 0.15) is 54.9 Å². The largest absolute Gasteiger partial charge is 0.482 e. The number of rotatable bonds is 15. The van der Waals surface area contributed by atoms with Gasteiger partial charge < -0.3 is 14.2 Å². The fourth-order valence-electron chi connectivity index (χ4n) is 9.76. The number of ether oxygens (including phenoxy) is 3. The summed E-state index contributed by atoms with van der Waals surface area (Å²) in [5.41, 5.74) is 11.2. The van der Waals surface area contributed by atoms with E-state index in [1.165, 1.54) is 28.7 Å². The van der Waals surface area contributed by atoms with Gasteiger partial charge in [0, 0.05) is 11.8 Å². The number of benzene rings is 6. The third kappa shape index (κ3) is 9.04. The third-order valence-corrected chi connectivity index (χ3v) is 13.5. The van der Waals surface area contributed by atoms with Gasteiger partial charge in [0.25, 0.3) is 0 Å². The molecule has 0 aromatic heterocycles. The second-order valence-corrected chi connectivity index (χ2v) is 17.6. The molecule has 0 spiro atoms. The number of carbonyl (C=O) groups excluding carboxylic acids is 1. The van der Waals surface area contributed by atoms with Crippen molar-refractivity contribution in [3.8, 4) is 33.8 Å². The minimum Gasteiger partial charge on any atom is -0.482 e. The number of fused-ring (bicyclic) bond motifs is 2. The average Bonchev–Trinajstić information content (AvgIpc) is 4.19. The van der Waals surface area contributed by atoms with Gasteiger partial charge in [-0.15, -0.1) is 0 Å². The normalized spacial score (nSPS) is 21.5. The van der Waals surface area contributed by atoms with Gasteiger partial charge in [-0.1, -0.05) is 165 Å². The molecule has 312 valence electrons. The summed E-state index contributed by atoms with van der Waals surface area (Å²) in [6.45, 7) is 2.73. The second kappa shape index (κ2) is 17.8. The van der Waals surface area contributed by atoms with Crippen LogP contribution >= 0.6 is 0 Å². The Balaban J connectivity index is 0.815. The molecule has 0 N–H and O–H groups in total. The van der Waals surface area contributed by atoms with Crippen LogP contribution in [0.4, 0.5) is 0 Å². The number of hydrogen-bond acceptors (Lipinski definition) is 4. The van der Waals surface area contributed by atoms with Gasteiger partial charge in [0.2, 0.25) is 0 Å². The maximum atomic E-state index is 13.3. The second-order valence-electron chi connectivity index (χ2n) is 17.6. The highest BCUT2D eigenvalue weighted by atomic mass is 16.5. The van der Waals surface area contributed by atoms with Crippen molar-refractivity contribution in [1.82, 2.24) is 0 Å². The van der Waals surface area contributed by atoms with Crippen molar-refractivity contribution >= 4 is 17.1 Å². The van der Waals surface area contributed by atoms with Gasteiger partial charge in [0.15, 0.2) is 0 Å². The van der Waals surface area contributed by atoms with Gasteiger partial charge in [-0.25, -0.2) is 0 Å². The van der Waals surface area contributed by atoms with Crippen LogP contribution in [-0.4, -0.2) is 24.8 Å². The molecule has 6 aromatic rings. The van der Waals surface area contributed by atoms with Crippen molar-refractivity contribution in [2.45, 2.75) is 50.2 Å². The van der Waals surface area contributed by atoms with E-state index in [9.17, 15) is 4.79 Å². The lowest BCUT2D eigenvalue weighted by Crippen LogP contribution is -2.26. The van der Waals surface area contributed by atoms with Crippen molar-refractivity contribution < 1.29 is 19.0 Å². The molecule has 0 aliphatic heterocycles. The molecule has 0 heterocycles. The van der Waals surface area contributed by atoms with Crippen LogP contribution < -0.4 is 9.47 Å². The zero-order chi connectivity index (χ0) is 42.6. The molecular formula is C59H52O4. The van der Waals surface area contributed by atoms with Crippen molar-refractivity contribution in [3.05, 3.63) is 229 Å². The van der Waals surface area contributed by atoms with Crippen molar-refractivity contribution in [2.24, 2.45) is 17.8 Å². The summed E-state index contributed by atoms with van der Waals surface area (Å²) in [5, 5.41) is 0. The highest BCUT2D eigenvalue weighted by Gasteiger charge is 2.36. The number of esters is 1. The van der Waals surface area contributed by atoms with E-state index >= 15 is 0 Å². The smallest absolute Gasteiger partial charge is 0.305 e. The first-order valence-electron chi connectivity index (χ1n) is 22.4. The van der Waals surface area contributed by atoms with E-state index in [0.717, 1.165) is 51.3 Å². The van der Waals surface area contributed by atoms with E-state index in [0.29, 0.717) is 37.2 Å². The van der Waals surface area contributed by atoms with E-state index in [4.69, 9.17) is 14.2 Å². The van der Waals surface area contributed by atoms with Gasteiger partial charge in [-0.3, -0.25) is 4.79 Å².